The van der Waals surface area contributed by atoms with Gasteiger partial charge >= 0.3 is 0 Å². The van der Waals surface area contributed by atoms with Crippen LogP contribution in [-0.4, -0.2) is 27.8 Å². The number of hydrogen-bond acceptors (Lipinski definition) is 4. The Morgan fingerprint density at radius 3 is 3.14 bits per heavy atom. The fraction of sp³-hybridized carbons (Fsp3) is 0.625. The number of thiocarbonyl (C=S) groups is 1. The van der Waals surface area contributed by atoms with Crippen molar-refractivity contribution in [2.24, 2.45) is 0 Å². The lowest BCUT2D eigenvalue weighted by molar-refractivity contribution is 0.410. The Morgan fingerprint density at radius 1 is 1.64 bits per heavy atom. The van der Waals surface area contributed by atoms with E-state index in [1.807, 2.05) is 0 Å². The van der Waals surface area contributed by atoms with Crippen molar-refractivity contribution < 1.29 is 4.52 Å². The van der Waals surface area contributed by atoms with Gasteiger partial charge in [0, 0.05) is 19.0 Å². The number of nitrogens with zero attached hydrogens (tertiary/aromatic N) is 2. The second-order valence-electron chi connectivity index (χ2n) is 3.27. The summed E-state index contributed by atoms with van der Waals surface area (Å²) >= 11 is 5.08. The molecule has 1 aromatic rings. The molecule has 0 radical (unpaired) electrons. The van der Waals surface area contributed by atoms with Crippen molar-refractivity contribution >= 4 is 17.3 Å². The van der Waals surface area contributed by atoms with E-state index in [1.165, 1.54) is 19.2 Å². The number of nitrogens with one attached hydrogen (secondary N) is 2. The fourth-order valence-electron chi connectivity index (χ4n) is 1.05. The molecule has 1 aliphatic carbocycles. The molecule has 0 aromatic carbocycles. The SMILES string of the molecule is S=C(NCCc1ncon1)NC1CC1. The highest BCUT2D eigenvalue weighted by Gasteiger charge is 2.21. The number of hydrogen-bond donors (Lipinski definition) is 2. The van der Waals surface area contributed by atoms with E-state index in [1.54, 1.807) is 0 Å². The van der Waals surface area contributed by atoms with Gasteiger partial charge in [0.1, 0.15) is 0 Å². The number of aromatic nitrogens is 2. The Hall–Kier alpha value is -1.17. The van der Waals surface area contributed by atoms with E-state index in [2.05, 4.69) is 25.3 Å². The number of rotatable bonds is 4. The van der Waals surface area contributed by atoms with E-state index >= 15 is 0 Å². The largest absolute Gasteiger partial charge is 0.362 e. The van der Waals surface area contributed by atoms with E-state index in [4.69, 9.17) is 12.2 Å². The lowest BCUT2D eigenvalue weighted by atomic mass is 10.4. The van der Waals surface area contributed by atoms with Crippen molar-refractivity contribution in [3.05, 3.63) is 12.2 Å². The van der Waals surface area contributed by atoms with Crippen molar-refractivity contribution in [3.8, 4) is 0 Å². The molecule has 5 nitrogen and oxygen atoms in total. The molecule has 1 aromatic heterocycles. The summed E-state index contributed by atoms with van der Waals surface area (Å²) in [5, 5.41) is 10.7. The maximum atomic E-state index is 5.08. The summed E-state index contributed by atoms with van der Waals surface area (Å²) in [6.07, 6.45) is 4.51. The lowest BCUT2D eigenvalue weighted by Gasteiger charge is -2.07. The first-order valence-corrected chi connectivity index (χ1v) is 5.05. The maximum absolute atomic E-state index is 5.08. The van der Waals surface area contributed by atoms with Crippen LogP contribution < -0.4 is 10.6 Å². The van der Waals surface area contributed by atoms with Gasteiger partial charge in [0.05, 0.1) is 0 Å². The van der Waals surface area contributed by atoms with E-state index in [9.17, 15) is 0 Å². The quantitative estimate of drug-likeness (QED) is 0.697. The Bertz CT molecular complexity index is 296. The molecule has 0 atom stereocenters. The molecule has 1 heterocycles. The zero-order chi connectivity index (χ0) is 9.80. The van der Waals surface area contributed by atoms with Gasteiger partial charge < -0.3 is 15.2 Å². The summed E-state index contributed by atoms with van der Waals surface area (Å²) in [6.45, 7) is 0.734. The Balaban J connectivity index is 1.60. The summed E-state index contributed by atoms with van der Waals surface area (Å²) in [6, 6.07) is 0.597. The predicted octanol–water partition coefficient (Wildman–Crippen LogP) is 0.239. The van der Waals surface area contributed by atoms with Gasteiger partial charge in [-0.3, -0.25) is 0 Å². The highest BCUT2D eigenvalue weighted by atomic mass is 32.1. The highest BCUT2D eigenvalue weighted by Crippen LogP contribution is 2.18. The molecule has 0 saturated heterocycles. The van der Waals surface area contributed by atoms with E-state index in [0.717, 1.165) is 18.1 Å². The average molecular weight is 212 g/mol. The molecule has 1 saturated carbocycles. The van der Waals surface area contributed by atoms with Crippen LogP contribution in [0, 0.1) is 0 Å². The summed E-state index contributed by atoms with van der Waals surface area (Å²) in [5.41, 5.74) is 0. The molecular formula is C8H12N4OS. The molecule has 2 rings (SSSR count). The van der Waals surface area contributed by atoms with Gasteiger partial charge in [-0.15, -0.1) is 0 Å². The van der Waals surface area contributed by atoms with Gasteiger partial charge in [-0.25, -0.2) is 0 Å². The summed E-state index contributed by atoms with van der Waals surface area (Å²) in [4.78, 5) is 3.90. The fourth-order valence-corrected chi connectivity index (χ4v) is 1.32. The second-order valence-corrected chi connectivity index (χ2v) is 3.68. The molecule has 76 valence electrons. The van der Waals surface area contributed by atoms with Crippen molar-refractivity contribution in [1.82, 2.24) is 20.8 Å². The molecule has 6 heteroatoms. The Kier molecular flexibility index (Phi) is 2.93. The molecular weight excluding hydrogens is 200 g/mol. The topological polar surface area (TPSA) is 63.0 Å². The lowest BCUT2D eigenvalue weighted by Crippen LogP contribution is -2.37. The van der Waals surface area contributed by atoms with Crippen molar-refractivity contribution in [2.45, 2.75) is 25.3 Å². The molecule has 0 aliphatic heterocycles. The minimum absolute atomic E-state index is 0.597. The zero-order valence-corrected chi connectivity index (χ0v) is 8.51. The Morgan fingerprint density at radius 2 is 2.50 bits per heavy atom. The van der Waals surface area contributed by atoms with Crippen LogP contribution >= 0.6 is 12.2 Å². The van der Waals surface area contributed by atoms with Gasteiger partial charge in [-0.05, 0) is 25.1 Å². The summed E-state index contributed by atoms with van der Waals surface area (Å²) in [5.74, 6) is 0.701. The van der Waals surface area contributed by atoms with Gasteiger partial charge in [0.25, 0.3) is 0 Å². The molecule has 1 aliphatic rings. The third-order valence-corrected chi connectivity index (χ3v) is 2.22. The molecule has 0 bridgehead atoms. The molecule has 1 fully saturated rings. The smallest absolute Gasteiger partial charge is 0.213 e. The third kappa shape index (κ3) is 2.95. The molecule has 0 spiro atoms. The minimum atomic E-state index is 0.597. The predicted molar refractivity (Wildman–Crippen MR) is 54.8 cm³/mol. The third-order valence-electron chi connectivity index (χ3n) is 1.95. The monoisotopic (exact) mass is 212 g/mol. The Labute approximate surface area is 87.3 Å². The van der Waals surface area contributed by atoms with Crippen LogP contribution in [0.15, 0.2) is 10.9 Å². The molecule has 0 amide bonds. The van der Waals surface area contributed by atoms with Crippen LogP contribution in [0.4, 0.5) is 0 Å². The molecule has 2 N–H and O–H groups in total. The van der Waals surface area contributed by atoms with Crippen molar-refractivity contribution in [3.63, 3.8) is 0 Å². The van der Waals surface area contributed by atoms with Gasteiger partial charge in [-0.2, -0.15) is 4.98 Å². The molecule has 14 heavy (non-hydrogen) atoms. The minimum Gasteiger partial charge on any atom is -0.362 e. The second kappa shape index (κ2) is 4.36. The van der Waals surface area contributed by atoms with Crippen LogP contribution in [0.2, 0.25) is 0 Å². The van der Waals surface area contributed by atoms with E-state index in [-0.39, 0.29) is 0 Å². The van der Waals surface area contributed by atoms with E-state index < -0.39 is 0 Å². The molecule has 0 unspecified atom stereocenters. The zero-order valence-electron chi connectivity index (χ0n) is 7.69. The summed E-state index contributed by atoms with van der Waals surface area (Å²) in [7, 11) is 0. The van der Waals surface area contributed by atoms with Gasteiger partial charge in [0.2, 0.25) is 6.39 Å². The summed E-state index contributed by atoms with van der Waals surface area (Å²) < 4.78 is 4.61. The van der Waals surface area contributed by atoms with E-state index in [0.29, 0.717) is 11.9 Å². The standard InChI is InChI=1S/C8H12N4OS/c14-8(11-6-1-2-6)9-4-3-7-10-5-13-12-7/h5-6H,1-4H2,(H2,9,11,14). The first kappa shape index (κ1) is 9.39. The normalized spacial score (nSPS) is 15.1. The average Bonchev–Trinajstić information content (AvgIpc) is 2.82. The van der Waals surface area contributed by atoms with Crippen LogP contribution in [0.3, 0.4) is 0 Å². The van der Waals surface area contributed by atoms with Crippen LogP contribution in [-0.2, 0) is 6.42 Å². The first-order valence-electron chi connectivity index (χ1n) is 4.64. The van der Waals surface area contributed by atoms with Crippen molar-refractivity contribution in [1.29, 1.82) is 0 Å². The van der Waals surface area contributed by atoms with Crippen molar-refractivity contribution in [2.75, 3.05) is 6.54 Å². The van der Waals surface area contributed by atoms with Crippen LogP contribution in [0.25, 0.3) is 0 Å². The van der Waals surface area contributed by atoms with Gasteiger partial charge in [0.15, 0.2) is 10.9 Å². The van der Waals surface area contributed by atoms with Crippen LogP contribution in [0.1, 0.15) is 18.7 Å². The highest BCUT2D eigenvalue weighted by molar-refractivity contribution is 7.80. The van der Waals surface area contributed by atoms with Crippen LogP contribution in [0.5, 0.6) is 0 Å². The maximum Gasteiger partial charge on any atom is 0.213 e. The first-order chi connectivity index (χ1) is 6.84. The van der Waals surface area contributed by atoms with Gasteiger partial charge in [-0.1, -0.05) is 5.16 Å².